The van der Waals surface area contributed by atoms with Crippen LogP contribution >= 0.6 is 0 Å². The highest BCUT2D eigenvalue weighted by Gasteiger charge is 2.35. The van der Waals surface area contributed by atoms with Gasteiger partial charge in [-0.15, -0.1) is 0 Å². The molecule has 4 nitrogen and oxygen atoms in total. The number of halogens is 1. The van der Waals surface area contributed by atoms with Gasteiger partial charge >= 0.3 is 6.09 Å². The van der Waals surface area contributed by atoms with Crippen LogP contribution in [0.5, 0.6) is 0 Å². The Morgan fingerprint density at radius 1 is 1.83 bits per heavy atom. The third-order valence-corrected chi connectivity index (χ3v) is 1.98. The van der Waals surface area contributed by atoms with Crippen molar-refractivity contribution in [3.05, 3.63) is 0 Å². The Morgan fingerprint density at radius 3 is 3.00 bits per heavy atom. The number of alkyl halides is 1. The molecule has 2 atom stereocenters. The zero-order valence-electron chi connectivity index (χ0n) is 6.86. The predicted molar refractivity (Wildman–Crippen MR) is 39.5 cm³/mol. The van der Waals surface area contributed by atoms with E-state index in [0.29, 0.717) is 0 Å². The van der Waals surface area contributed by atoms with Gasteiger partial charge in [-0.1, -0.05) is 0 Å². The summed E-state index contributed by atoms with van der Waals surface area (Å²) in [6, 6.07) is -0.424. The Labute approximate surface area is 69.9 Å². The normalized spacial score (nSPS) is 29.1. The molecular formula is C7H12FNO3. The number of amides is 1. The molecule has 0 aromatic carbocycles. The van der Waals surface area contributed by atoms with E-state index in [-0.39, 0.29) is 19.6 Å². The van der Waals surface area contributed by atoms with E-state index < -0.39 is 18.3 Å². The van der Waals surface area contributed by atoms with Gasteiger partial charge < -0.3 is 9.84 Å². The second-order valence-corrected chi connectivity index (χ2v) is 2.79. The maximum absolute atomic E-state index is 12.7. The predicted octanol–water partition coefficient (Wildman–Crippen LogP) is 0.158. The van der Waals surface area contributed by atoms with Crippen molar-refractivity contribution < 1.29 is 19.0 Å². The van der Waals surface area contributed by atoms with Gasteiger partial charge in [0.25, 0.3) is 0 Å². The number of methoxy groups -OCH3 is 1. The van der Waals surface area contributed by atoms with Crippen molar-refractivity contribution in [1.29, 1.82) is 0 Å². The van der Waals surface area contributed by atoms with E-state index >= 15 is 0 Å². The maximum Gasteiger partial charge on any atom is 0.409 e. The molecule has 12 heavy (non-hydrogen) atoms. The van der Waals surface area contributed by atoms with Crippen LogP contribution in [0.25, 0.3) is 0 Å². The summed E-state index contributed by atoms with van der Waals surface area (Å²) in [5.41, 5.74) is 0. The van der Waals surface area contributed by atoms with Gasteiger partial charge in [0.2, 0.25) is 0 Å². The summed E-state index contributed by atoms with van der Waals surface area (Å²) in [7, 11) is 1.24. The SMILES string of the molecule is COC(=O)N1CC(F)CC1CO. The van der Waals surface area contributed by atoms with Crippen molar-refractivity contribution in [2.75, 3.05) is 20.3 Å². The highest BCUT2D eigenvalue weighted by atomic mass is 19.1. The van der Waals surface area contributed by atoms with Gasteiger partial charge in [0.15, 0.2) is 0 Å². The van der Waals surface area contributed by atoms with Gasteiger partial charge in [-0.25, -0.2) is 9.18 Å². The first-order valence-electron chi connectivity index (χ1n) is 3.78. The fourth-order valence-corrected chi connectivity index (χ4v) is 1.37. The Morgan fingerprint density at radius 2 is 2.50 bits per heavy atom. The minimum Gasteiger partial charge on any atom is -0.453 e. The second-order valence-electron chi connectivity index (χ2n) is 2.79. The molecule has 1 heterocycles. The van der Waals surface area contributed by atoms with Gasteiger partial charge in [-0.05, 0) is 0 Å². The summed E-state index contributed by atoms with van der Waals surface area (Å²) < 4.78 is 17.2. The number of hydrogen-bond donors (Lipinski definition) is 1. The Hall–Kier alpha value is -0.840. The van der Waals surface area contributed by atoms with E-state index in [9.17, 15) is 9.18 Å². The number of hydrogen-bond acceptors (Lipinski definition) is 3. The van der Waals surface area contributed by atoms with Crippen LogP contribution in [0.1, 0.15) is 6.42 Å². The van der Waals surface area contributed by atoms with Crippen LogP contribution in [0.4, 0.5) is 9.18 Å². The molecule has 1 N–H and O–H groups in total. The van der Waals surface area contributed by atoms with Gasteiger partial charge in [-0.2, -0.15) is 0 Å². The first-order valence-corrected chi connectivity index (χ1v) is 3.78. The summed E-state index contributed by atoms with van der Waals surface area (Å²) in [4.78, 5) is 12.2. The molecule has 2 unspecified atom stereocenters. The van der Waals surface area contributed by atoms with Crippen LogP contribution in [0.2, 0.25) is 0 Å². The molecule has 0 spiro atoms. The molecule has 1 rings (SSSR count). The quantitative estimate of drug-likeness (QED) is 0.620. The van der Waals surface area contributed by atoms with Crippen LogP contribution in [-0.2, 0) is 4.74 Å². The topological polar surface area (TPSA) is 49.8 Å². The minimum absolute atomic E-state index is 0.0257. The highest BCUT2D eigenvalue weighted by Crippen LogP contribution is 2.20. The first kappa shape index (κ1) is 9.25. The third-order valence-electron chi connectivity index (χ3n) is 1.98. The summed E-state index contributed by atoms with van der Waals surface area (Å²) in [6.45, 7) is -0.187. The molecular weight excluding hydrogens is 165 g/mol. The maximum atomic E-state index is 12.7. The number of likely N-dealkylation sites (tertiary alicyclic amines) is 1. The Balaban J connectivity index is 2.57. The molecule has 70 valence electrons. The van der Waals surface area contributed by atoms with Crippen LogP contribution in [0.3, 0.4) is 0 Å². The summed E-state index contributed by atoms with van der Waals surface area (Å²) >= 11 is 0. The molecule has 1 aliphatic rings. The third kappa shape index (κ3) is 1.66. The molecule has 0 bridgehead atoms. The molecule has 0 radical (unpaired) electrons. The minimum atomic E-state index is -1.04. The average Bonchev–Trinajstić information content (AvgIpc) is 2.45. The molecule has 1 fully saturated rings. The summed E-state index contributed by atoms with van der Waals surface area (Å²) in [5, 5.41) is 8.78. The van der Waals surface area contributed by atoms with E-state index in [1.807, 2.05) is 0 Å². The Bertz CT molecular complexity index is 176. The summed E-state index contributed by atoms with van der Waals surface area (Å²) in [5.74, 6) is 0. The van der Waals surface area contributed by atoms with Crippen molar-refractivity contribution >= 4 is 6.09 Å². The average molecular weight is 177 g/mol. The number of aliphatic hydroxyl groups is 1. The van der Waals surface area contributed by atoms with Crippen LogP contribution < -0.4 is 0 Å². The van der Waals surface area contributed by atoms with Gasteiger partial charge in [0, 0.05) is 6.42 Å². The number of carbonyl (C=O) groups excluding carboxylic acids is 1. The number of rotatable bonds is 1. The molecule has 1 amide bonds. The molecule has 5 heteroatoms. The smallest absolute Gasteiger partial charge is 0.409 e. The second kappa shape index (κ2) is 3.71. The molecule has 1 aliphatic heterocycles. The van der Waals surface area contributed by atoms with Gasteiger partial charge in [0.05, 0.1) is 26.3 Å². The van der Waals surface area contributed by atoms with Crippen LogP contribution in [0.15, 0.2) is 0 Å². The monoisotopic (exact) mass is 177 g/mol. The molecule has 0 aromatic heterocycles. The Kier molecular flexibility index (Phi) is 2.86. The van der Waals surface area contributed by atoms with Crippen LogP contribution in [0, 0.1) is 0 Å². The highest BCUT2D eigenvalue weighted by molar-refractivity contribution is 5.68. The number of nitrogens with zero attached hydrogens (tertiary/aromatic N) is 1. The van der Waals surface area contributed by atoms with E-state index in [4.69, 9.17) is 5.11 Å². The summed E-state index contributed by atoms with van der Waals surface area (Å²) in [6.07, 6.45) is -1.42. The number of carbonyl (C=O) groups is 1. The van der Waals surface area contributed by atoms with Crippen molar-refractivity contribution in [3.8, 4) is 0 Å². The molecule has 0 aliphatic carbocycles. The van der Waals surface area contributed by atoms with Crippen molar-refractivity contribution in [3.63, 3.8) is 0 Å². The van der Waals surface area contributed by atoms with Crippen molar-refractivity contribution in [2.24, 2.45) is 0 Å². The lowest BCUT2D eigenvalue weighted by Gasteiger charge is -2.20. The molecule has 0 aromatic rings. The fraction of sp³-hybridized carbons (Fsp3) is 0.857. The zero-order valence-corrected chi connectivity index (χ0v) is 6.86. The van der Waals surface area contributed by atoms with E-state index in [0.717, 1.165) is 0 Å². The number of ether oxygens (including phenoxy) is 1. The van der Waals surface area contributed by atoms with Gasteiger partial charge in [-0.3, -0.25) is 4.90 Å². The zero-order chi connectivity index (χ0) is 9.14. The van der Waals surface area contributed by atoms with E-state index in [1.54, 1.807) is 0 Å². The van der Waals surface area contributed by atoms with Crippen LogP contribution in [-0.4, -0.2) is 48.6 Å². The van der Waals surface area contributed by atoms with Crippen molar-refractivity contribution in [1.82, 2.24) is 4.90 Å². The lowest BCUT2D eigenvalue weighted by molar-refractivity contribution is 0.101. The fourth-order valence-electron chi connectivity index (χ4n) is 1.37. The van der Waals surface area contributed by atoms with Gasteiger partial charge in [0.1, 0.15) is 6.17 Å². The number of aliphatic hydroxyl groups excluding tert-OH is 1. The van der Waals surface area contributed by atoms with E-state index in [1.165, 1.54) is 12.0 Å². The standard InChI is InChI=1S/C7H12FNO3/c1-12-7(11)9-3-5(8)2-6(9)4-10/h5-6,10H,2-4H2,1H3. The lowest BCUT2D eigenvalue weighted by atomic mass is 10.2. The van der Waals surface area contributed by atoms with Crippen molar-refractivity contribution in [2.45, 2.75) is 18.6 Å². The lowest BCUT2D eigenvalue weighted by Crippen LogP contribution is -2.37. The molecule has 0 saturated carbocycles. The first-order chi connectivity index (χ1) is 5.69. The largest absolute Gasteiger partial charge is 0.453 e. The molecule has 1 saturated heterocycles. The van der Waals surface area contributed by atoms with E-state index in [2.05, 4.69) is 4.74 Å².